The minimum absolute atomic E-state index is 0.156. The zero-order chi connectivity index (χ0) is 17.9. The lowest BCUT2D eigenvalue weighted by Gasteiger charge is -2.25. The van der Waals surface area contributed by atoms with Gasteiger partial charge in [0.1, 0.15) is 11.0 Å². The Balaban J connectivity index is 2.07. The number of halogens is 2. The van der Waals surface area contributed by atoms with Crippen molar-refractivity contribution in [2.24, 2.45) is 7.05 Å². The van der Waals surface area contributed by atoms with Crippen molar-refractivity contribution in [2.45, 2.75) is 32.4 Å². The fraction of sp³-hybridized carbons (Fsp3) is 0.500. The van der Waals surface area contributed by atoms with Crippen molar-refractivity contribution in [1.29, 1.82) is 0 Å². The van der Waals surface area contributed by atoms with Gasteiger partial charge in [0.25, 0.3) is 0 Å². The van der Waals surface area contributed by atoms with Crippen LogP contribution >= 0.6 is 11.6 Å². The smallest absolute Gasteiger partial charge is 0.131 e. The van der Waals surface area contributed by atoms with Crippen LogP contribution in [0.4, 0.5) is 4.39 Å². The summed E-state index contributed by atoms with van der Waals surface area (Å²) in [4.78, 5) is 2.12. The number of aromatic nitrogens is 2. The molecule has 1 aromatic carbocycles. The summed E-state index contributed by atoms with van der Waals surface area (Å²) >= 11 is 6.38. The molecule has 0 aliphatic rings. The molecular weight excluding hydrogens is 327 g/mol. The highest BCUT2D eigenvalue weighted by atomic mass is 35.5. The number of hydrogen-bond donors (Lipinski definition) is 1. The molecule has 1 aromatic heterocycles. The summed E-state index contributed by atoms with van der Waals surface area (Å²) in [5, 5.41) is 8.65. The molecular formula is C18H26ClFN4. The van der Waals surface area contributed by atoms with Gasteiger partial charge in [0.05, 0.1) is 5.69 Å². The van der Waals surface area contributed by atoms with Crippen molar-refractivity contribution in [3.8, 4) is 0 Å². The van der Waals surface area contributed by atoms with Gasteiger partial charge < -0.3 is 10.2 Å². The molecule has 1 atom stereocenters. The van der Waals surface area contributed by atoms with Gasteiger partial charge in [0, 0.05) is 31.7 Å². The van der Waals surface area contributed by atoms with Gasteiger partial charge in [-0.25, -0.2) is 4.39 Å². The van der Waals surface area contributed by atoms with Gasteiger partial charge in [-0.3, -0.25) is 4.68 Å². The summed E-state index contributed by atoms with van der Waals surface area (Å²) in [5.41, 5.74) is 3.15. The third-order valence-corrected chi connectivity index (χ3v) is 4.64. The molecule has 1 unspecified atom stereocenters. The summed E-state index contributed by atoms with van der Waals surface area (Å²) in [7, 11) is 5.90. The monoisotopic (exact) mass is 352 g/mol. The minimum Gasteiger partial charge on any atom is -0.311 e. The van der Waals surface area contributed by atoms with Gasteiger partial charge in [-0.15, -0.1) is 0 Å². The van der Waals surface area contributed by atoms with E-state index in [2.05, 4.69) is 29.2 Å². The largest absolute Gasteiger partial charge is 0.311 e. The van der Waals surface area contributed by atoms with E-state index in [1.165, 1.54) is 12.1 Å². The Morgan fingerprint density at radius 1 is 1.25 bits per heavy atom. The van der Waals surface area contributed by atoms with E-state index in [-0.39, 0.29) is 11.9 Å². The first-order valence-electron chi connectivity index (χ1n) is 8.15. The lowest BCUT2D eigenvalue weighted by molar-refractivity contribution is 0.288. The molecule has 6 heteroatoms. The topological polar surface area (TPSA) is 33.1 Å². The highest BCUT2D eigenvalue weighted by Gasteiger charge is 2.18. The van der Waals surface area contributed by atoms with Crippen molar-refractivity contribution in [3.63, 3.8) is 0 Å². The van der Waals surface area contributed by atoms with Crippen molar-refractivity contribution >= 4 is 11.6 Å². The third kappa shape index (κ3) is 4.35. The Labute approximate surface area is 148 Å². The van der Waals surface area contributed by atoms with Gasteiger partial charge in [0.15, 0.2) is 0 Å². The second-order valence-corrected chi connectivity index (χ2v) is 6.95. The van der Waals surface area contributed by atoms with Crippen molar-refractivity contribution in [3.05, 3.63) is 52.1 Å². The predicted molar refractivity (Wildman–Crippen MR) is 96.8 cm³/mol. The minimum atomic E-state index is -0.215. The maximum Gasteiger partial charge on any atom is 0.131 e. The van der Waals surface area contributed by atoms with Gasteiger partial charge >= 0.3 is 0 Å². The molecule has 0 aliphatic carbocycles. The quantitative estimate of drug-likeness (QED) is 0.824. The van der Waals surface area contributed by atoms with E-state index in [1.54, 1.807) is 4.68 Å². The molecule has 4 nitrogen and oxygen atoms in total. The van der Waals surface area contributed by atoms with Crippen LogP contribution < -0.4 is 5.32 Å². The number of hydrogen-bond acceptors (Lipinski definition) is 3. The number of nitrogens with zero attached hydrogens (tertiary/aromatic N) is 3. The standard InChI is InChI=1S/C18H26ClFN4/c1-12(2)17-15(18(19)24(5)22-17)10-21-11-16(23(3)4)13-6-8-14(20)9-7-13/h6-9,12,16,21H,10-11H2,1-5H3. The van der Waals surface area contributed by atoms with Gasteiger partial charge in [-0.2, -0.15) is 5.10 Å². The Morgan fingerprint density at radius 3 is 2.42 bits per heavy atom. The highest BCUT2D eigenvalue weighted by Crippen LogP contribution is 2.25. The number of aryl methyl sites for hydroxylation is 1. The van der Waals surface area contributed by atoms with Gasteiger partial charge in [-0.1, -0.05) is 37.6 Å². The first-order valence-corrected chi connectivity index (χ1v) is 8.53. The number of benzene rings is 1. The van der Waals surface area contributed by atoms with Gasteiger partial charge in [0.2, 0.25) is 0 Å². The molecule has 1 heterocycles. The van der Waals surface area contributed by atoms with Crippen molar-refractivity contribution in [1.82, 2.24) is 20.0 Å². The van der Waals surface area contributed by atoms with E-state index in [0.29, 0.717) is 17.6 Å². The van der Waals surface area contributed by atoms with E-state index >= 15 is 0 Å². The lowest BCUT2D eigenvalue weighted by atomic mass is 10.0. The zero-order valence-electron chi connectivity index (χ0n) is 15.0. The summed E-state index contributed by atoms with van der Waals surface area (Å²) in [6.07, 6.45) is 0. The molecule has 2 rings (SSSR count). The molecule has 0 saturated heterocycles. The molecule has 0 spiro atoms. The second-order valence-electron chi connectivity index (χ2n) is 6.59. The average molecular weight is 353 g/mol. The fourth-order valence-electron chi connectivity index (χ4n) is 2.81. The maximum absolute atomic E-state index is 13.1. The van der Waals surface area contributed by atoms with Crippen molar-refractivity contribution in [2.75, 3.05) is 20.6 Å². The molecule has 0 amide bonds. The Hall–Kier alpha value is -1.43. The third-order valence-electron chi connectivity index (χ3n) is 4.16. The molecule has 2 aromatic rings. The normalized spacial score (nSPS) is 13.0. The molecule has 1 N–H and O–H groups in total. The summed E-state index contributed by atoms with van der Waals surface area (Å²) in [6.45, 7) is 5.62. The van der Waals surface area contributed by atoms with Crippen LogP contribution in [0.2, 0.25) is 5.15 Å². The fourth-order valence-corrected chi connectivity index (χ4v) is 3.01. The van der Waals surface area contributed by atoms with Crippen molar-refractivity contribution < 1.29 is 4.39 Å². The van der Waals surface area contributed by atoms with Crippen LogP contribution in [0, 0.1) is 5.82 Å². The first-order chi connectivity index (χ1) is 11.3. The van der Waals surface area contributed by atoms with Gasteiger partial charge in [-0.05, 0) is 37.7 Å². The van der Waals surface area contributed by atoms with Crippen LogP contribution in [-0.4, -0.2) is 35.3 Å². The maximum atomic E-state index is 13.1. The molecule has 0 bridgehead atoms. The number of likely N-dealkylation sites (N-methyl/N-ethyl adjacent to an activating group) is 1. The number of rotatable bonds is 7. The Morgan fingerprint density at radius 2 is 1.88 bits per heavy atom. The first kappa shape index (κ1) is 18.9. The summed E-state index contributed by atoms with van der Waals surface area (Å²) in [5.74, 6) is 0.107. The lowest BCUT2D eigenvalue weighted by Crippen LogP contribution is -2.31. The SMILES string of the molecule is CC(C)c1nn(C)c(Cl)c1CNCC(c1ccc(F)cc1)N(C)C. The van der Waals surface area contributed by atoms with E-state index < -0.39 is 0 Å². The second kappa shape index (κ2) is 8.10. The molecule has 132 valence electrons. The van der Waals surface area contributed by atoms with Crippen LogP contribution in [-0.2, 0) is 13.6 Å². The molecule has 0 radical (unpaired) electrons. The highest BCUT2D eigenvalue weighted by molar-refractivity contribution is 6.30. The van der Waals surface area contributed by atoms with Crippen LogP contribution in [0.5, 0.6) is 0 Å². The molecule has 0 aliphatic heterocycles. The van der Waals surface area contributed by atoms with E-state index in [4.69, 9.17) is 11.6 Å². The zero-order valence-corrected chi connectivity index (χ0v) is 15.7. The van der Waals surface area contributed by atoms with Crippen LogP contribution in [0.1, 0.15) is 42.6 Å². The van der Waals surface area contributed by atoms with E-state index in [0.717, 1.165) is 23.4 Å². The Bertz CT molecular complexity index is 664. The summed E-state index contributed by atoms with van der Waals surface area (Å²) < 4.78 is 14.9. The molecule has 0 fully saturated rings. The molecule has 24 heavy (non-hydrogen) atoms. The van der Waals surface area contributed by atoms with E-state index in [9.17, 15) is 4.39 Å². The molecule has 0 saturated carbocycles. The van der Waals surface area contributed by atoms with Crippen LogP contribution in [0.25, 0.3) is 0 Å². The Kier molecular flexibility index (Phi) is 6.38. The summed E-state index contributed by atoms with van der Waals surface area (Å²) in [6, 6.07) is 6.82. The average Bonchev–Trinajstić information content (AvgIpc) is 2.81. The predicted octanol–water partition coefficient (Wildman–Crippen LogP) is 3.73. The van der Waals surface area contributed by atoms with Crippen LogP contribution in [0.3, 0.4) is 0 Å². The number of nitrogens with one attached hydrogen (secondary N) is 1. The van der Waals surface area contributed by atoms with Crippen LogP contribution in [0.15, 0.2) is 24.3 Å². The van der Waals surface area contributed by atoms with E-state index in [1.807, 2.05) is 33.3 Å².